The summed E-state index contributed by atoms with van der Waals surface area (Å²) in [5, 5.41) is 2.68. The fourth-order valence-corrected chi connectivity index (χ4v) is 4.20. The molecule has 0 bridgehead atoms. The molecule has 1 aromatic heterocycles. The van der Waals surface area contributed by atoms with Crippen LogP contribution in [0.3, 0.4) is 0 Å². The Balaban J connectivity index is 0.00000144. The normalized spacial score (nSPS) is 23.1. The standard InChI is InChI=1S/C10H13N5O5S2.Na.H/c11-14(3-6-4-21-5-12-6)10(17)13-2-1-7-8(13)9(16)15(7)22(18,19)20;;/h4-5,7-8H,1-3,11H2,(H,18,19,20);;/q;+1;-1/t7-,8+;;/m1../s1. The maximum Gasteiger partial charge on any atom is 1.00 e. The summed E-state index contributed by atoms with van der Waals surface area (Å²) in [6.07, 6.45) is 0.270. The Hall–Kier alpha value is -0.760. The molecule has 13 heteroatoms. The van der Waals surface area contributed by atoms with E-state index in [1.807, 2.05) is 0 Å². The van der Waals surface area contributed by atoms with Gasteiger partial charge in [0.2, 0.25) is 0 Å². The number of β-lactam (4-membered cyclic amide) rings is 1. The van der Waals surface area contributed by atoms with Crippen molar-refractivity contribution in [3.8, 4) is 0 Å². The summed E-state index contributed by atoms with van der Waals surface area (Å²) in [5.41, 5.74) is 2.23. The average molecular weight is 371 g/mol. The first-order valence-electron chi connectivity index (χ1n) is 6.31. The van der Waals surface area contributed by atoms with Crippen LogP contribution < -0.4 is 35.4 Å². The van der Waals surface area contributed by atoms with Gasteiger partial charge in [0.1, 0.15) is 6.04 Å². The summed E-state index contributed by atoms with van der Waals surface area (Å²) in [7, 11) is -4.59. The number of urea groups is 1. The number of fused-ring (bicyclic) bond motifs is 1. The number of thiazole rings is 1. The molecule has 23 heavy (non-hydrogen) atoms. The van der Waals surface area contributed by atoms with Crippen LogP contribution in [0.25, 0.3) is 0 Å². The molecule has 0 saturated carbocycles. The summed E-state index contributed by atoms with van der Waals surface area (Å²) in [5.74, 6) is 4.88. The first kappa shape index (κ1) is 18.6. The molecule has 0 radical (unpaired) electrons. The Bertz CT molecular complexity index is 717. The maximum atomic E-state index is 12.3. The largest absolute Gasteiger partial charge is 1.00 e. The number of nitrogens with zero attached hydrogens (tertiary/aromatic N) is 4. The Morgan fingerprint density at radius 3 is 2.87 bits per heavy atom. The van der Waals surface area contributed by atoms with Crippen LogP contribution in [0.15, 0.2) is 10.9 Å². The summed E-state index contributed by atoms with van der Waals surface area (Å²) in [6.45, 7) is 0.281. The molecule has 2 fully saturated rings. The third-order valence-electron chi connectivity index (χ3n) is 3.69. The van der Waals surface area contributed by atoms with Crippen LogP contribution >= 0.6 is 11.3 Å². The van der Waals surface area contributed by atoms with E-state index in [0.717, 1.165) is 5.01 Å². The third kappa shape index (κ3) is 3.24. The topological polar surface area (TPSA) is 137 Å². The van der Waals surface area contributed by atoms with Gasteiger partial charge in [0.15, 0.2) is 0 Å². The molecule has 2 aliphatic heterocycles. The van der Waals surface area contributed by atoms with E-state index < -0.39 is 34.3 Å². The van der Waals surface area contributed by atoms with Crippen LogP contribution in [-0.2, 0) is 21.6 Å². The number of carbonyl (C=O) groups is 2. The maximum absolute atomic E-state index is 12.3. The van der Waals surface area contributed by atoms with Gasteiger partial charge in [-0.15, -0.1) is 11.3 Å². The van der Waals surface area contributed by atoms with Gasteiger partial charge in [-0.3, -0.25) is 14.4 Å². The van der Waals surface area contributed by atoms with Crippen LogP contribution in [0.1, 0.15) is 13.5 Å². The number of likely N-dealkylation sites (tertiary alicyclic amines) is 1. The molecular weight excluding hydrogens is 357 g/mol. The number of amides is 3. The molecule has 0 unspecified atom stereocenters. The minimum atomic E-state index is -4.59. The smallest absolute Gasteiger partial charge is 1.00 e. The molecule has 2 atom stereocenters. The fourth-order valence-electron chi connectivity index (χ4n) is 2.75. The SMILES string of the molecule is NN(Cc1cscn1)C(=O)N1CC[C@@H]2[C@H]1C(=O)N2S(=O)(=O)O.[H-].[Na+]. The molecule has 2 aliphatic rings. The minimum absolute atomic E-state index is 0. The molecule has 3 heterocycles. The van der Waals surface area contributed by atoms with E-state index in [2.05, 4.69) is 4.98 Å². The van der Waals surface area contributed by atoms with Crippen molar-refractivity contribution in [2.75, 3.05) is 6.54 Å². The van der Waals surface area contributed by atoms with Gasteiger partial charge < -0.3 is 6.33 Å². The second-order valence-corrected chi connectivity index (χ2v) is 7.00. The summed E-state index contributed by atoms with van der Waals surface area (Å²) < 4.78 is 31.6. The Labute approximate surface area is 159 Å². The van der Waals surface area contributed by atoms with E-state index >= 15 is 0 Å². The number of hydrogen-bond donors (Lipinski definition) is 2. The molecule has 3 rings (SSSR count). The van der Waals surface area contributed by atoms with Gasteiger partial charge in [-0.25, -0.2) is 19.9 Å². The quantitative estimate of drug-likeness (QED) is 0.139. The van der Waals surface area contributed by atoms with Crippen LogP contribution in [0.2, 0.25) is 0 Å². The van der Waals surface area contributed by atoms with E-state index in [-0.39, 0.29) is 50.5 Å². The van der Waals surface area contributed by atoms with Crippen molar-refractivity contribution >= 4 is 33.6 Å². The first-order valence-corrected chi connectivity index (χ1v) is 8.65. The molecule has 122 valence electrons. The van der Waals surface area contributed by atoms with Crippen molar-refractivity contribution in [1.82, 2.24) is 19.2 Å². The van der Waals surface area contributed by atoms with Crippen molar-refractivity contribution in [2.24, 2.45) is 5.84 Å². The number of rotatable bonds is 3. The van der Waals surface area contributed by atoms with Gasteiger partial charge >= 0.3 is 45.9 Å². The summed E-state index contributed by atoms with van der Waals surface area (Å²) in [6, 6.07) is -2.20. The van der Waals surface area contributed by atoms with Gasteiger partial charge in [0.05, 0.1) is 23.8 Å². The number of carbonyl (C=O) groups excluding carboxylic acids is 2. The van der Waals surface area contributed by atoms with Crippen LogP contribution in [0, 0.1) is 0 Å². The molecular formula is C10H14N5NaO5S2. The van der Waals surface area contributed by atoms with Crippen molar-refractivity contribution in [2.45, 2.75) is 25.0 Å². The first-order chi connectivity index (χ1) is 10.3. The van der Waals surface area contributed by atoms with E-state index in [4.69, 9.17) is 10.4 Å². The Morgan fingerprint density at radius 1 is 1.61 bits per heavy atom. The fraction of sp³-hybridized carbons (Fsp3) is 0.500. The number of nitrogens with two attached hydrogens (primary N) is 1. The predicted octanol–water partition coefficient (Wildman–Crippen LogP) is -3.86. The van der Waals surface area contributed by atoms with Crippen molar-refractivity contribution in [3.05, 3.63) is 16.6 Å². The second kappa shape index (κ2) is 6.63. The average Bonchev–Trinajstić information content (AvgIpc) is 3.03. The predicted molar refractivity (Wildman–Crippen MR) is 75.6 cm³/mol. The van der Waals surface area contributed by atoms with Gasteiger partial charge in [-0.05, 0) is 6.42 Å². The van der Waals surface area contributed by atoms with E-state index in [0.29, 0.717) is 10.00 Å². The zero-order valence-corrected chi connectivity index (χ0v) is 15.8. The van der Waals surface area contributed by atoms with Gasteiger partial charge in [-0.1, -0.05) is 0 Å². The molecule has 1 aromatic rings. The third-order valence-corrected chi connectivity index (χ3v) is 5.28. The zero-order chi connectivity index (χ0) is 16.1. The minimum Gasteiger partial charge on any atom is -1.00 e. The Kier molecular flexibility index (Phi) is 5.35. The molecule has 0 aromatic carbocycles. The monoisotopic (exact) mass is 371 g/mol. The second-order valence-electron chi connectivity index (χ2n) is 5.00. The molecule has 2 saturated heterocycles. The summed E-state index contributed by atoms with van der Waals surface area (Å²) >= 11 is 1.37. The number of hydrazine groups is 1. The molecule has 10 nitrogen and oxygen atoms in total. The van der Waals surface area contributed by atoms with Crippen molar-refractivity contribution in [3.63, 3.8) is 0 Å². The molecule has 0 spiro atoms. The Morgan fingerprint density at radius 2 is 2.30 bits per heavy atom. The summed E-state index contributed by atoms with van der Waals surface area (Å²) in [4.78, 5) is 29.4. The van der Waals surface area contributed by atoms with Gasteiger partial charge in [0, 0.05) is 11.9 Å². The molecule has 3 N–H and O–H groups in total. The van der Waals surface area contributed by atoms with Crippen molar-refractivity contribution in [1.29, 1.82) is 0 Å². The number of hydrogen-bond acceptors (Lipinski definition) is 7. The van der Waals surface area contributed by atoms with E-state index in [1.54, 1.807) is 10.9 Å². The van der Waals surface area contributed by atoms with E-state index in [9.17, 15) is 18.0 Å². The van der Waals surface area contributed by atoms with Gasteiger partial charge in [-0.2, -0.15) is 8.42 Å². The van der Waals surface area contributed by atoms with Crippen LogP contribution in [0.5, 0.6) is 0 Å². The van der Waals surface area contributed by atoms with Crippen LogP contribution in [-0.4, -0.2) is 62.7 Å². The van der Waals surface area contributed by atoms with E-state index in [1.165, 1.54) is 16.2 Å². The molecule has 3 amide bonds. The number of aromatic nitrogens is 1. The van der Waals surface area contributed by atoms with Crippen LogP contribution in [0.4, 0.5) is 4.79 Å². The van der Waals surface area contributed by atoms with Crippen molar-refractivity contribution < 1.29 is 53.5 Å². The molecule has 0 aliphatic carbocycles. The zero-order valence-electron chi connectivity index (χ0n) is 13.2. The van der Waals surface area contributed by atoms with Gasteiger partial charge in [0.25, 0.3) is 5.91 Å².